The van der Waals surface area contributed by atoms with E-state index < -0.39 is 0 Å². The van der Waals surface area contributed by atoms with Gasteiger partial charge in [0, 0.05) is 36.8 Å². The Labute approximate surface area is 200 Å². The second-order valence-electron chi connectivity index (χ2n) is 8.87. The monoisotopic (exact) mass is 472 g/mol. The minimum atomic E-state index is -0.0617. The summed E-state index contributed by atoms with van der Waals surface area (Å²) in [6.45, 7) is 1.88. The average Bonchev–Trinajstić information content (AvgIpc) is 3.64. The molecule has 1 aliphatic carbocycles. The van der Waals surface area contributed by atoms with E-state index in [2.05, 4.69) is 0 Å². The van der Waals surface area contributed by atoms with Gasteiger partial charge in [0.1, 0.15) is 0 Å². The summed E-state index contributed by atoms with van der Waals surface area (Å²) in [5, 5.41) is 0.817. The second kappa shape index (κ2) is 10.7. The fraction of sp³-hybridized carbons (Fsp3) is 0.462. The summed E-state index contributed by atoms with van der Waals surface area (Å²) < 4.78 is 0. The maximum absolute atomic E-state index is 13.4. The van der Waals surface area contributed by atoms with Crippen LogP contribution in [-0.4, -0.2) is 29.8 Å². The first-order valence-corrected chi connectivity index (χ1v) is 12.4. The van der Waals surface area contributed by atoms with Crippen molar-refractivity contribution in [1.82, 2.24) is 4.90 Å². The van der Waals surface area contributed by atoms with Gasteiger partial charge in [-0.2, -0.15) is 0 Å². The SMILES string of the molecule is O=C(c1ccc(Cl)c(Cl)c1)N1CCCCCCCCN(C(=O)C2CC2)c2ccccc2C1. The molecule has 1 aliphatic heterocycles. The lowest BCUT2D eigenvalue weighted by atomic mass is 10.1. The molecule has 0 spiro atoms. The van der Waals surface area contributed by atoms with Gasteiger partial charge in [0.15, 0.2) is 0 Å². The minimum absolute atomic E-state index is 0.0617. The highest BCUT2D eigenvalue weighted by molar-refractivity contribution is 6.42. The summed E-state index contributed by atoms with van der Waals surface area (Å²) in [7, 11) is 0. The Kier molecular flexibility index (Phi) is 7.75. The molecule has 1 fully saturated rings. The number of carbonyl (C=O) groups is 2. The van der Waals surface area contributed by atoms with Gasteiger partial charge in [0.2, 0.25) is 5.91 Å². The second-order valence-corrected chi connectivity index (χ2v) is 9.68. The lowest BCUT2D eigenvalue weighted by molar-refractivity contribution is -0.119. The Bertz CT molecular complexity index is 974. The number of hydrogen-bond donors (Lipinski definition) is 0. The van der Waals surface area contributed by atoms with Crippen molar-refractivity contribution in [2.75, 3.05) is 18.0 Å². The van der Waals surface area contributed by atoms with Crippen LogP contribution in [0.4, 0.5) is 5.69 Å². The number of anilines is 1. The first-order valence-electron chi connectivity index (χ1n) is 11.7. The van der Waals surface area contributed by atoms with Gasteiger partial charge in [-0.15, -0.1) is 0 Å². The van der Waals surface area contributed by atoms with Crippen molar-refractivity contribution in [3.05, 3.63) is 63.6 Å². The predicted molar refractivity (Wildman–Crippen MR) is 130 cm³/mol. The molecule has 1 heterocycles. The van der Waals surface area contributed by atoms with Crippen molar-refractivity contribution in [2.24, 2.45) is 5.92 Å². The molecule has 1 saturated carbocycles. The topological polar surface area (TPSA) is 40.6 Å². The Morgan fingerprint density at radius 3 is 2.22 bits per heavy atom. The molecule has 0 N–H and O–H groups in total. The van der Waals surface area contributed by atoms with Crippen LogP contribution in [0.2, 0.25) is 10.0 Å². The van der Waals surface area contributed by atoms with Crippen LogP contribution in [0, 0.1) is 5.92 Å². The van der Waals surface area contributed by atoms with Gasteiger partial charge in [-0.25, -0.2) is 0 Å². The van der Waals surface area contributed by atoms with Crippen LogP contribution in [0.5, 0.6) is 0 Å². The fourth-order valence-corrected chi connectivity index (χ4v) is 4.66. The van der Waals surface area contributed by atoms with Gasteiger partial charge in [-0.05, 0) is 55.5 Å². The van der Waals surface area contributed by atoms with E-state index in [1.165, 1.54) is 0 Å². The van der Waals surface area contributed by atoms with Gasteiger partial charge in [0.05, 0.1) is 10.0 Å². The molecule has 0 aromatic heterocycles. The summed E-state index contributed by atoms with van der Waals surface area (Å²) in [6.07, 6.45) is 8.48. The third-order valence-corrected chi connectivity index (χ3v) is 7.09. The quantitative estimate of drug-likeness (QED) is 0.485. The van der Waals surface area contributed by atoms with E-state index in [4.69, 9.17) is 23.2 Å². The Hall–Kier alpha value is -2.04. The molecule has 2 aromatic carbocycles. The maximum atomic E-state index is 13.4. The first kappa shape index (κ1) is 23.1. The Morgan fingerprint density at radius 2 is 1.50 bits per heavy atom. The highest BCUT2D eigenvalue weighted by atomic mass is 35.5. The lowest BCUT2D eigenvalue weighted by Gasteiger charge is -2.28. The number of amides is 2. The molecule has 0 bridgehead atoms. The molecule has 0 saturated heterocycles. The number of nitrogens with zero attached hydrogens (tertiary/aromatic N) is 2. The van der Waals surface area contributed by atoms with Gasteiger partial charge in [0.25, 0.3) is 5.91 Å². The molecule has 2 aromatic rings. The third-order valence-electron chi connectivity index (χ3n) is 6.35. The molecule has 170 valence electrons. The Balaban J connectivity index is 1.65. The molecule has 4 nitrogen and oxygen atoms in total. The largest absolute Gasteiger partial charge is 0.334 e. The molecule has 32 heavy (non-hydrogen) atoms. The van der Waals surface area contributed by atoms with Crippen molar-refractivity contribution in [3.63, 3.8) is 0 Å². The number of para-hydroxylation sites is 1. The van der Waals surface area contributed by atoms with E-state index >= 15 is 0 Å². The summed E-state index contributed by atoms with van der Waals surface area (Å²) in [6, 6.07) is 13.1. The number of carbonyl (C=O) groups excluding carboxylic acids is 2. The summed E-state index contributed by atoms with van der Waals surface area (Å²) in [5.41, 5.74) is 2.48. The predicted octanol–water partition coefficient (Wildman–Crippen LogP) is 6.73. The molecular weight excluding hydrogens is 443 g/mol. The van der Waals surface area contributed by atoms with E-state index in [9.17, 15) is 9.59 Å². The molecule has 0 atom stereocenters. The van der Waals surface area contributed by atoms with Gasteiger partial charge < -0.3 is 9.80 Å². The number of benzene rings is 2. The van der Waals surface area contributed by atoms with Crippen LogP contribution in [0.25, 0.3) is 0 Å². The smallest absolute Gasteiger partial charge is 0.254 e. The van der Waals surface area contributed by atoms with Crippen LogP contribution >= 0.6 is 23.2 Å². The van der Waals surface area contributed by atoms with Gasteiger partial charge in [-0.3, -0.25) is 9.59 Å². The van der Waals surface area contributed by atoms with E-state index in [0.717, 1.165) is 69.2 Å². The molecule has 2 amide bonds. The number of halogens is 2. The van der Waals surface area contributed by atoms with E-state index in [-0.39, 0.29) is 17.7 Å². The van der Waals surface area contributed by atoms with Gasteiger partial charge >= 0.3 is 0 Å². The van der Waals surface area contributed by atoms with Crippen molar-refractivity contribution in [1.29, 1.82) is 0 Å². The minimum Gasteiger partial charge on any atom is -0.334 e. The van der Waals surface area contributed by atoms with Crippen molar-refractivity contribution in [2.45, 2.75) is 57.9 Å². The molecular formula is C26H30Cl2N2O2. The molecule has 2 aliphatic rings. The van der Waals surface area contributed by atoms with Crippen LogP contribution in [0.1, 0.15) is 67.3 Å². The first-order chi connectivity index (χ1) is 15.5. The molecule has 4 rings (SSSR count). The van der Waals surface area contributed by atoms with Crippen molar-refractivity contribution in [3.8, 4) is 0 Å². The van der Waals surface area contributed by atoms with E-state index in [1.807, 2.05) is 34.1 Å². The third kappa shape index (κ3) is 5.65. The van der Waals surface area contributed by atoms with Crippen LogP contribution in [0.15, 0.2) is 42.5 Å². The summed E-state index contributed by atoms with van der Waals surface area (Å²) in [4.78, 5) is 30.4. The summed E-state index contributed by atoms with van der Waals surface area (Å²) >= 11 is 12.2. The highest BCUT2D eigenvalue weighted by Gasteiger charge is 2.34. The Morgan fingerprint density at radius 1 is 0.812 bits per heavy atom. The maximum Gasteiger partial charge on any atom is 0.254 e. The van der Waals surface area contributed by atoms with E-state index in [1.54, 1.807) is 18.2 Å². The zero-order valence-corrected chi connectivity index (χ0v) is 19.9. The highest BCUT2D eigenvalue weighted by Crippen LogP contribution is 2.34. The number of hydrogen-bond acceptors (Lipinski definition) is 2. The molecule has 0 radical (unpaired) electrons. The van der Waals surface area contributed by atoms with Crippen LogP contribution < -0.4 is 4.90 Å². The van der Waals surface area contributed by atoms with Gasteiger partial charge in [-0.1, -0.05) is 67.1 Å². The lowest BCUT2D eigenvalue weighted by Crippen LogP contribution is -2.36. The zero-order valence-electron chi connectivity index (χ0n) is 18.4. The van der Waals surface area contributed by atoms with Crippen molar-refractivity contribution >= 4 is 40.7 Å². The van der Waals surface area contributed by atoms with Crippen LogP contribution in [-0.2, 0) is 11.3 Å². The number of rotatable bonds is 2. The summed E-state index contributed by atoms with van der Waals surface area (Å²) in [5.74, 6) is 0.329. The normalized spacial score (nSPS) is 18.2. The van der Waals surface area contributed by atoms with E-state index in [0.29, 0.717) is 28.7 Å². The fourth-order valence-electron chi connectivity index (χ4n) is 4.36. The van der Waals surface area contributed by atoms with Crippen molar-refractivity contribution < 1.29 is 9.59 Å². The number of fused-ring (bicyclic) bond motifs is 1. The van der Waals surface area contributed by atoms with Crippen LogP contribution in [0.3, 0.4) is 0 Å². The zero-order chi connectivity index (χ0) is 22.5. The molecule has 0 unspecified atom stereocenters. The standard InChI is InChI=1S/C26H30Cl2N2O2/c27-22-14-13-20(17-23(22)28)25(31)29-15-7-3-1-2-4-8-16-30(26(32)19-11-12-19)24-10-6-5-9-21(24)18-29/h5-6,9-10,13-14,17,19H,1-4,7-8,11-12,15-16,18H2. The average molecular weight is 473 g/mol. The molecule has 6 heteroatoms.